The number of nitrogens with one attached hydrogen (secondary N) is 1. The summed E-state index contributed by atoms with van der Waals surface area (Å²) >= 11 is 0. The van der Waals surface area contributed by atoms with Gasteiger partial charge in [-0.3, -0.25) is 9.48 Å². The number of carbonyl (C=O) groups excluding carboxylic acids is 1. The number of nitrogens with two attached hydrogens (primary N) is 1. The van der Waals surface area contributed by atoms with Crippen molar-refractivity contribution in [3.8, 4) is 11.1 Å². The van der Waals surface area contributed by atoms with Gasteiger partial charge in [0.15, 0.2) is 0 Å². The Kier molecular flexibility index (Phi) is 5.74. The number of nitrogens with zero attached hydrogens (tertiary/aromatic N) is 2. The third-order valence-electron chi connectivity index (χ3n) is 5.46. The van der Waals surface area contributed by atoms with Crippen molar-refractivity contribution in [3.63, 3.8) is 0 Å². The van der Waals surface area contributed by atoms with E-state index >= 15 is 0 Å². The number of amides is 1. The lowest BCUT2D eigenvalue weighted by Gasteiger charge is -2.31. The predicted octanol–water partition coefficient (Wildman–Crippen LogP) is 2.72. The molecule has 0 atom stereocenters. The average Bonchev–Trinajstić information content (AvgIpc) is 3.26. The summed E-state index contributed by atoms with van der Waals surface area (Å²) in [6.07, 6.45) is 4.84. The van der Waals surface area contributed by atoms with E-state index in [4.69, 9.17) is 10.5 Å². The van der Waals surface area contributed by atoms with Gasteiger partial charge in [0.25, 0.3) is 0 Å². The van der Waals surface area contributed by atoms with Crippen LogP contribution in [0.3, 0.4) is 0 Å². The second kappa shape index (κ2) is 8.59. The Morgan fingerprint density at radius 2 is 1.86 bits per heavy atom. The van der Waals surface area contributed by atoms with Crippen molar-refractivity contribution in [2.45, 2.75) is 31.5 Å². The standard InChI is InChI=1S/C23H26N4O2/c24-23(10-14-29-15-11-23)22(28)25-16-20-4-1-2-5-21(20)19-8-6-18(7-9-19)17-27-13-3-12-26-27/h1-9,12-13H,10-11,14-17,24H2,(H,25,28). The van der Waals surface area contributed by atoms with Crippen molar-refractivity contribution in [3.05, 3.63) is 78.1 Å². The second-order valence-electron chi connectivity index (χ2n) is 7.51. The van der Waals surface area contributed by atoms with Gasteiger partial charge >= 0.3 is 0 Å². The maximum Gasteiger partial charge on any atom is 0.240 e. The molecule has 0 bridgehead atoms. The van der Waals surface area contributed by atoms with E-state index in [2.05, 4.69) is 40.7 Å². The first-order chi connectivity index (χ1) is 14.1. The highest BCUT2D eigenvalue weighted by molar-refractivity contribution is 5.86. The molecule has 1 amide bonds. The fourth-order valence-electron chi connectivity index (χ4n) is 3.64. The van der Waals surface area contributed by atoms with Gasteiger partial charge in [0, 0.05) is 32.2 Å². The van der Waals surface area contributed by atoms with E-state index in [0.717, 1.165) is 23.2 Å². The number of benzene rings is 2. The lowest BCUT2D eigenvalue weighted by molar-refractivity contribution is -0.129. The minimum Gasteiger partial charge on any atom is -0.381 e. The average molecular weight is 390 g/mol. The zero-order valence-corrected chi connectivity index (χ0v) is 16.4. The Hall–Kier alpha value is -2.96. The van der Waals surface area contributed by atoms with Crippen LogP contribution in [-0.2, 0) is 22.6 Å². The smallest absolute Gasteiger partial charge is 0.240 e. The number of hydrogen-bond donors (Lipinski definition) is 2. The molecule has 1 aliphatic rings. The summed E-state index contributed by atoms with van der Waals surface area (Å²) in [5.74, 6) is -0.106. The lowest BCUT2D eigenvalue weighted by atomic mass is 9.90. The zero-order chi connectivity index (χ0) is 20.1. The molecule has 0 saturated carbocycles. The molecule has 2 heterocycles. The van der Waals surface area contributed by atoms with E-state index in [9.17, 15) is 4.79 Å². The lowest BCUT2D eigenvalue weighted by Crippen LogP contribution is -2.56. The van der Waals surface area contributed by atoms with E-state index in [1.165, 1.54) is 5.56 Å². The Labute approximate surface area is 170 Å². The van der Waals surface area contributed by atoms with Gasteiger partial charge < -0.3 is 15.8 Å². The second-order valence-corrected chi connectivity index (χ2v) is 7.51. The van der Waals surface area contributed by atoms with Crippen LogP contribution >= 0.6 is 0 Å². The van der Waals surface area contributed by atoms with Crippen molar-refractivity contribution in [2.75, 3.05) is 13.2 Å². The zero-order valence-electron chi connectivity index (χ0n) is 16.4. The van der Waals surface area contributed by atoms with E-state index in [-0.39, 0.29) is 5.91 Å². The molecule has 0 unspecified atom stereocenters. The van der Waals surface area contributed by atoms with Gasteiger partial charge in [0.2, 0.25) is 5.91 Å². The fraction of sp³-hybridized carbons (Fsp3) is 0.304. The van der Waals surface area contributed by atoms with Crippen LogP contribution in [0.25, 0.3) is 11.1 Å². The first kappa shape index (κ1) is 19.4. The summed E-state index contributed by atoms with van der Waals surface area (Å²) in [4.78, 5) is 12.6. The Morgan fingerprint density at radius 1 is 1.10 bits per heavy atom. The quantitative estimate of drug-likeness (QED) is 0.678. The number of ether oxygens (including phenoxy) is 1. The number of aromatic nitrogens is 2. The fourth-order valence-corrected chi connectivity index (χ4v) is 3.64. The normalized spacial score (nSPS) is 15.8. The maximum atomic E-state index is 12.6. The predicted molar refractivity (Wildman–Crippen MR) is 112 cm³/mol. The van der Waals surface area contributed by atoms with Crippen molar-refractivity contribution < 1.29 is 9.53 Å². The van der Waals surface area contributed by atoms with E-state index in [1.807, 2.05) is 35.1 Å². The molecule has 4 rings (SSSR count). The van der Waals surface area contributed by atoms with Gasteiger partial charge in [0.05, 0.1) is 12.1 Å². The molecule has 1 aliphatic heterocycles. The first-order valence-electron chi connectivity index (χ1n) is 9.94. The molecular formula is C23H26N4O2. The monoisotopic (exact) mass is 390 g/mol. The van der Waals surface area contributed by atoms with Crippen LogP contribution in [0, 0.1) is 0 Å². The molecule has 3 N–H and O–H groups in total. The van der Waals surface area contributed by atoms with Crippen molar-refractivity contribution in [2.24, 2.45) is 5.73 Å². The highest BCUT2D eigenvalue weighted by atomic mass is 16.5. The van der Waals surface area contributed by atoms with Crippen LogP contribution in [0.2, 0.25) is 0 Å². The van der Waals surface area contributed by atoms with Gasteiger partial charge in [-0.1, -0.05) is 48.5 Å². The molecule has 3 aromatic rings. The molecule has 1 aromatic heterocycles. The molecule has 1 fully saturated rings. The first-order valence-corrected chi connectivity index (χ1v) is 9.94. The molecule has 6 nitrogen and oxygen atoms in total. The molecule has 6 heteroatoms. The van der Waals surface area contributed by atoms with Crippen LogP contribution in [-0.4, -0.2) is 34.4 Å². The third kappa shape index (κ3) is 4.55. The van der Waals surface area contributed by atoms with Gasteiger partial charge in [-0.05, 0) is 41.2 Å². The SMILES string of the molecule is NC1(C(=O)NCc2ccccc2-c2ccc(Cn3cccn3)cc2)CCOCC1. The van der Waals surface area contributed by atoms with Crippen LogP contribution < -0.4 is 11.1 Å². The number of carbonyl (C=O) groups is 1. The topological polar surface area (TPSA) is 82.2 Å². The van der Waals surface area contributed by atoms with Gasteiger partial charge in [-0.2, -0.15) is 5.10 Å². The van der Waals surface area contributed by atoms with Crippen molar-refractivity contribution in [1.29, 1.82) is 0 Å². The van der Waals surface area contributed by atoms with Crippen LogP contribution in [0.4, 0.5) is 0 Å². The Morgan fingerprint density at radius 3 is 2.59 bits per heavy atom. The molecule has 29 heavy (non-hydrogen) atoms. The van der Waals surface area contributed by atoms with Gasteiger partial charge in [-0.15, -0.1) is 0 Å². The molecule has 2 aromatic carbocycles. The van der Waals surface area contributed by atoms with Crippen molar-refractivity contribution in [1.82, 2.24) is 15.1 Å². The Bertz CT molecular complexity index is 945. The minimum absolute atomic E-state index is 0.106. The molecule has 0 aliphatic carbocycles. The molecule has 0 radical (unpaired) electrons. The maximum absolute atomic E-state index is 12.6. The molecule has 150 valence electrons. The highest BCUT2D eigenvalue weighted by Gasteiger charge is 2.35. The minimum atomic E-state index is -0.832. The number of hydrogen-bond acceptors (Lipinski definition) is 4. The van der Waals surface area contributed by atoms with Crippen LogP contribution in [0.15, 0.2) is 67.0 Å². The number of rotatable bonds is 6. The summed E-state index contributed by atoms with van der Waals surface area (Å²) in [6, 6.07) is 18.5. The summed E-state index contributed by atoms with van der Waals surface area (Å²) in [5.41, 5.74) is 9.94. The Balaban J connectivity index is 1.46. The summed E-state index contributed by atoms with van der Waals surface area (Å²) in [7, 11) is 0. The summed E-state index contributed by atoms with van der Waals surface area (Å²) in [6.45, 7) is 2.26. The molecular weight excluding hydrogens is 364 g/mol. The largest absolute Gasteiger partial charge is 0.381 e. The summed E-state index contributed by atoms with van der Waals surface area (Å²) < 4.78 is 7.23. The van der Waals surface area contributed by atoms with Gasteiger partial charge in [-0.25, -0.2) is 0 Å². The van der Waals surface area contributed by atoms with Crippen LogP contribution in [0.5, 0.6) is 0 Å². The third-order valence-corrected chi connectivity index (χ3v) is 5.46. The molecule has 0 spiro atoms. The highest BCUT2D eigenvalue weighted by Crippen LogP contribution is 2.25. The van der Waals surface area contributed by atoms with Gasteiger partial charge in [0.1, 0.15) is 0 Å². The van der Waals surface area contributed by atoms with Crippen molar-refractivity contribution >= 4 is 5.91 Å². The summed E-state index contributed by atoms with van der Waals surface area (Å²) in [5, 5.41) is 7.28. The van der Waals surface area contributed by atoms with E-state index in [1.54, 1.807) is 6.20 Å². The van der Waals surface area contributed by atoms with E-state index < -0.39 is 5.54 Å². The molecule has 1 saturated heterocycles. The van der Waals surface area contributed by atoms with Crippen LogP contribution in [0.1, 0.15) is 24.0 Å². The van der Waals surface area contributed by atoms with E-state index in [0.29, 0.717) is 32.6 Å².